The predicted octanol–water partition coefficient (Wildman–Crippen LogP) is 1.27. The summed E-state index contributed by atoms with van der Waals surface area (Å²) in [5, 5.41) is 4.09. The van der Waals surface area contributed by atoms with Crippen LogP contribution >= 0.6 is 11.8 Å². The van der Waals surface area contributed by atoms with Crippen molar-refractivity contribution in [3.05, 3.63) is 0 Å². The quantitative estimate of drug-likeness (QED) is 0.641. The van der Waals surface area contributed by atoms with Crippen molar-refractivity contribution in [1.29, 1.82) is 0 Å². The predicted molar refractivity (Wildman–Crippen MR) is 50.4 cm³/mol. The van der Waals surface area contributed by atoms with Crippen molar-refractivity contribution < 1.29 is 0 Å². The lowest BCUT2D eigenvalue weighted by Gasteiger charge is -2.18. The van der Waals surface area contributed by atoms with Crippen LogP contribution in [-0.2, 0) is 0 Å². The first-order chi connectivity index (χ1) is 5.47. The number of hydrogen-bond acceptors (Lipinski definition) is 3. The molecule has 0 aromatic heterocycles. The third-order valence-electron chi connectivity index (χ3n) is 2.16. The van der Waals surface area contributed by atoms with Gasteiger partial charge in [0.25, 0.3) is 0 Å². The van der Waals surface area contributed by atoms with E-state index < -0.39 is 0 Å². The number of thioether (sulfide) groups is 1. The van der Waals surface area contributed by atoms with Gasteiger partial charge < -0.3 is 5.32 Å². The largest absolute Gasteiger partial charge is 0.373 e. The highest BCUT2D eigenvalue weighted by molar-refractivity contribution is 8.00. The average molecular weight is 170 g/mol. The summed E-state index contributed by atoms with van der Waals surface area (Å²) in [6, 6.07) is 0. The Kier molecular flexibility index (Phi) is 2.36. The Balaban J connectivity index is 1.96. The molecule has 0 aromatic carbocycles. The monoisotopic (exact) mass is 170 g/mol. The molecule has 0 aromatic rings. The zero-order valence-electron chi connectivity index (χ0n) is 6.68. The smallest absolute Gasteiger partial charge is 0.109 e. The molecule has 2 rings (SSSR count). The van der Waals surface area contributed by atoms with Gasteiger partial charge in [0.2, 0.25) is 0 Å². The number of aliphatic imine (C=N–C) groups is 1. The van der Waals surface area contributed by atoms with E-state index in [1.807, 2.05) is 0 Å². The summed E-state index contributed by atoms with van der Waals surface area (Å²) in [4.78, 5) is 4.50. The molecule has 62 valence electrons. The second-order valence-electron chi connectivity index (χ2n) is 3.05. The molecule has 1 saturated heterocycles. The third-order valence-corrected chi connectivity index (χ3v) is 3.54. The van der Waals surface area contributed by atoms with Crippen molar-refractivity contribution in [2.45, 2.75) is 24.5 Å². The van der Waals surface area contributed by atoms with Crippen LogP contribution in [0.5, 0.6) is 0 Å². The molecule has 1 unspecified atom stereocenters. The van der Waals surface area contributed by atoms with Crippen LogP contribution in [0.2, 0.25) is 0 Å². The Hall–Kier alpha value is -0.180. The van der Waals surface area contributed by atoms with Gasteiger partial charge in [-0.05, 0) is 25.0 Å². The van der Waals surface area contributed by atoms with Crippen LogP contribution in [0.25, 0.3) is 0 Å². The van der Waals surface area contributed by atoms with Gasteiger partial charge in [-0.15, -0.1) is 0 Å². The Morgan fingerprint density at radius 1 is 1.45 bits per heavy atom. The van der Waals surface area contributed by atoms with E-state index in [4.69, 9.17) is 0 Å². The summed E-state index contributed by atoms with van der Waals surface area (Å²) in [7, 11) is 0. The van der Waals surface area contributed by atoms with Crippen molar-refractivity contribution in [2.24, 2.45) is 4.99 Å². The van der Waals surface area contributed by atoms with Gasteiger partial charge >= 0.3 is 0 Å². The van der Waals surface area contributed by atoms with Gasteiger partial charge in [0.05, 0.1) is 5.25 Å². The standard InChI is InChI=1S/C8H14N2S/c1-3-7(11-6-1)8-9-4-2-5-10-8/h7H,1-6H2,(H,9,10). The molecule has 3 heteroatoms. The van der Waals surface area contributed by atoms with Gasteiger partial charge in [-0.1, -0.05) is 0 Å². The summed E-state index contributed by atoms with van der Waals surface area (Å²) < 4.78 is 0. The van der Waals surface area contributed by atoms with Crippen molar-refractivity contribution in [3.63, 3.8) is 0 Å². The Morgan fingerprint density at radius 2 is 2.45 bits per heavy atom. The van der Waals surface area contributed by atoms with Gasteiger partial charge in [-0.2, -0.15) is 11.8 Å². The molecule has 0 spiro atoms. The highest BCUT2D eigenvalue weighted by Gasteiger charge is 2.21. The molecule has 0 radical (unpaired) electrons. The maximum atomic E-state index is 4.50. The molecule has 0 bridgehead atoms. The number of rotatable bonds is 1. The second kappa shape index (κ2) is 3.48. The maximum absolute atomic E-state index is 4.50. The van der Waals surface area contributed by atoms with Crippen molar-refractivity contribution in [2.75, 3.05) is 18.8 Å². The molecule has 1 fully saturated rings. The van der Waals surface area contributed by atoms with E-state index in [0.29, 0.717) is 5.25 Å². The van der Waals surface area contributed by atoms with Gasteiger partial charge in [0.1, 0.15) is 5.84 Å². The van der Waals surface area contributed by atoms with Crippen LogP contribution in [0.4, 0.5) is 0 Å². The van der Waals surface area contributed by atoms with E-state index in [0.717, 1.165) is 13.1 Å². The molecule has 0 aliphatic carbocycles. The van der Waals surface area contributed by atoms with E-state index in [1.165, 1.54) is 30.9 Å². The average Bonchev–Trinajstić information content (AvgIpc) is 2.58. The van der Waals surface area contributed by atoms with E-state index in [1.54, 1.807) is 0 Å². The van der Waals surface area contributed by atoms with Crippen LogP contribution in [0.3, 0.4) is 0 Å². The fourth-order valence-electron chi connectivity index (χ4n) is 1.56. The normalized spacial score (nSPS) is 31.3. The molecular formula is C8H14N2S. The molecule has 0 saturated carbocycles. The second-order valence-corrected chi connectivity index (χ2v) is 4.36. The van der Waals surface area contributed by atoms with E-state index >= 15 is 0 Å². The van der Waals surface area contributed by atoms with Gasteiger partial charge in [0, 0.05) is 13.1 Å². The summed E-state index contributed by atoms with van der Waals surface area (Å²) in [5.74, 6) is 2.60. The Morgan fingerprint density at radius 3 is 3.09 bits per heavy atom. The van der Waals surface area contributed by atoms with Crippen LogP contribution in [0.1, 0.15) is 19.3 Å². The summed E-state index contributed by atoms with van der Waals surface area (Å²) >= 11 is 2.06. The molecule has 2 aliphatic heterocycles. The van der Waals surface area contributed by atoms with Gasteiger partial charge in [-0.3, -0.25) is 4.99 Å². The van der Waals surface area contributed by atoms with Crippen LogP contribution in [-0.4, -0.2) is 29.9 Å². The maximum Gasteiger partial charge on any atom is 0.109 e. The van der Waals surface area contributed by atoms with Gasteiger partial charge in [0.15, 0.2) is 0 Å². The zero-order chi connectivity index (χ0) is 7.52. The van der Waals surface area contributed by atoms with E-state index in [-0.39, 0.29) is 0 Å². The number of amidine groups is 1. The van der Waals surface area contributed by atoms with Crippen LogP contribution in [0, 0.1) is 0 Å². The number of hydrogen-bond donors (Lipinski definition) is 1. The number of nitrogens with one attached hydrogen (secondary N) is 1. The molecule has 0 amide bonds. The summed E-state index contributed by atoms with van der Waals surface area (Å²) in [6.45, 7) is 2.18. The topological polar surface area (TPSA) is 24.4 Å². The molecule has 11 heavy (non-hydrogen) atoms. The van der Waals surface area contributed by atoms with E-state index in [9.17, 15) is 0 Å². The van der Waals surface area contributed by atoms with Crippen molar-refractivity contribution in [3.8, 4) is 0 Å². The van der Waals surface area contributed by atoms with Gasteiger partial charge in [-0.25, -0.2) is 0 Å². The first-order valence-electron chi connectivity index (χ1n) is 4.36. The first kappa shape index (κ1) is 7.47. The van der Waals surface area contributed by atoms with Crippen molar-refractivity contribution >= 4 is 17.6 Å². The Bertz CT molecular complexity index is 161. The fourth-order valence-corrected chi connectivity index (χ4v) is 2.83. The zero-order valence-corrected chi connectivity index (χ0v) is 7.49. The minimum Gasteiger partial charge on any atom is -0.373 e. The highest BCUT2D eigenvalue weighted by Crippen LogP contribution is 2.27. The molecule has 2 heterocycles. The molecule has 1 atom stereocenters. The van der Waals surface area contributed by atoms with E-state index in [2.05, 4.69) is 22.1 Å². The lowest BCUT2D eigenvalue weighted by Crippen LogP contribution is -2.35. The lowest BCUT2D eigenvalue weighted by atomic mass is 10.2. The molecule has 1 N–H and O–H groups in total. The Labute approximate surface area is 71.9 Å². The minimum absolute atomic E-state index is 0.704. The third kappa shape index (κ3) is 1.70. The lowest BCUT2D eigenvalue weighted by molar-refractivity contribution is 0.719. The fraction of sp³-hybridized carbons (Fsp3) is 0.875. The molecule has 2 nitrogen and oxygen atoms in total. The molecule has 2 aliphatic rings. The number of nitrogens with zero attached hydrogens (tertiary/aromatic N) is 1. The van der Waals surface area contributed by atoms with Crippen LogP contribution in [0.15, 0.2) is 4.99 Å². The summed E-state index contributed by atoms with van der Waals surface area (Å²) in [6.07, 6.45) is 3.91. The van der Waals surface area contributed by atoms with Crippen molar-refractivity contribution in [1.82, 2.24) is 5.32 Å². The first-order valence-corrected chi connectivity index (χ1v) is 5.41. The minimum atomic E-state index is 0.704. The highest BCUT2D eigenvalue weighted by atomic mass is 32.2. The van der Waals surface area contributed by atoms with Crippen LogP contribution < -0.4 is 5.32 Å². The summed E-state index contributed by atoms with van der Waals surface area (Å²) in [5.41, 5.74) is 0. The molecular weight excluding hydrogens is 156 g/mol. The SMILES string of the molecule is C1CN=C(C2CCCS2)NC1.